The summed E-state index contributed by atoms with van der Waals surface area (Å²) in [5.74, 6) is 1.53. The maximum Gasteiger partial charge on any atom is 0.146 e. The van der Waals surface area contributed by atoms with Gasteiger partial charge in [0.2, 0.25) is 0 Å². The summed E-state index contributed by atoms with van der Waals surface area (Å²) in [6.45, 7) is 0. The van der Waals surface area contributed by atoms with Crippen LogP contribution in [0.15, 0.2) is 45.1 Å². The van der Waals surface area contributed by atoms with E-state index in [0.29, 0.717) is 22.8 Å². The summed E-state index contributed by atoms with van der Waals surface area (Å²) >= 11 is 0. The minimum Gasteiger partial charge on any atom is -0.507 e. The molecular weight excluding hydrogens is 260 g/mol. The molecule has 6 nitrogen and oxygen atoms in total. The van der Waals surface area contributed by atoms with Crippen molar-refractivity contribution in [3.8, 4) is 17.2 Å². The minimum absolute atomic E-state index is 0.00171. The van der Waals surface area contributed by atoms with E-state index in [4.69, 9.17) is 13.9 Å². The van der Waals surface area contributed by atoms with Crippen LogP contribution in [0.1, 0.15) is 11.3 Å². The standard InChI is InChI=1S/C14H14N2O4/c1-18-11-6-13(17)12(14(7-11)19-2)9-16-15-8-10-4-3-5-20-10/h3-9,17H,1-2H3/b15-8-,16-9+. The van der Waals surface area contributed by atoms with Crippen LogP contribution in [0.3, 0.4) is 0 Å². The van der Waals surface area contributed by atoms with E-state index in [-0.39, 0.29) is 5.75 Å². The molecule has 0 amide bonds. The third-order valence-corrected chi connectivity index (χ3v) is 2.53. The Morgan fingerprint density at radius 3 is 2.60 bits per heavy atom. The van der Waals surface area contributed by atoms with Crippen molar-refractivity contribution in [3.63, 3.8) is 0 Å². The quantitative estimate of drug-likeness (QED) is 0.671. The largest absolute Gasteiger partial charge is 0.507 e. The van der Waals surface area contributed by atoms with Crippen molar-refractivity contribution in [3.05, 3.63) is 41.9 Å². The first-order valence-corrected chi connectivity index (χ1v) is 5.79. The van der Waals surface area contributed by atoms with Gasteiger partial charge in [-0.15, -0.1) is 0 Å². The van der Waals surface area contributed by atoms with E-state index in [1.54, 1.807) is 24.5 Å². The molecule has 2 rings (SSSR count). The van der Waals surface area contributed by atoms with Crippen molar-refractivity contribution >= 4 is 12.4 Å². The summed E-state index contributed by atoms with van der Waals surface area (Å²) in [4.78, 5) is 0. The zero-order valence-electron chi connectivity index (χ0n) is 11.1. The molecule has 104 valence electrons. The van der Waals surface area contributed by atoms with Crippen LogP contribution < -0.4 is 9.47 Å². The van der Waals surface area contributed by atoms with Crippen LogP contribution in [0.4, 0.5) is 0 Å². The van der Waals surface area contributed by atoms with Gasteiger partial charge < -0.3 is 19.0 Å². The second kappa shape index (κ2) is 6.42. The summed E-state index contributed by atoms with van der Waals surface area (Å²) in [5, 5.41) is 17.6. The van der Waals surface area contributed by atoms with Crippen molar-refractivity contribution in [2.75, 3.05) is 14.2 Å². The molecule has 0 bridgehead atoms. The van der Waals surface area contributed by atoms with Gasteiger partial charge in [0.15, 0.2) is 0 Å². The molecular formula is C14H14N2O4. The molecule has 1 aromatic heterocycles. The fraction of sp³-hybridized carbons (Fsp3) is 0.143. The van der Waals surface area contributed by atoms with Crippen LogP contribution in [-0.2, 0) is 0 Å². The van der Waals surface area contributed by atoms with E-state index in [9.17, 15) is 5.11 Å². The number of rotatable bonds is 5. The Kier molecular flexibility index (Phi) is 4.39. The fourth-order valence-electron chi connectivity index (χ4n) is 1.55. The Morgan fingerprint density at radius 2 is 1.95 bits per heavy atom. The van der Waals surface area contributed by atoms with Gasteiger partial charge in [0.1, 0.15) is 23.0 Å². The highest BCUT2D eigenvalue weighted by Gasteiger charge is 2.09. The van der Waals surface area contributed by atoms with Gasteiger partial charge in [-0.1, -0.05) is 0 Å². The molecule has 1 heterocycles. The predicted molar refractivity (Wildman–Crippen MR) is 75.1 cm³/mol. The molecule has 0 fully saturated rings. The Bertz CT molecular complexity index is 618. The van der Waals surface area contributed by atoms with Crippen molar-refractivity contribution < 1.29 is 19.0 Å². The smallest absolute Gasteiger partial charge is 0.146 e. The number of ether oxygens (including phenoxy) is 2. The maximum absolute atomic E-state index is 9.90. The van der Waals surface area contributed by atoms with Crippen LogP contribution in [0.25, 0.3) is 0 Å². The summed E-state index contributed by atoms with van der Waals surface area (Å²) in [7, 11) is 3.01. The van der Waals surface area contributed by atoms with Crippen LogP contribution >= 0.6 is 0 Å². The van der Waals surface area contributed by atoms with E-state index >= 15 is 0 Å². The van der Waals surface area contributed by atoms with Crippen molar-refractivity contribution in [2.24, 2.45) is 10.2 Å². The molecule has 6 heteroatoms. The van der Waals surface area contributed by atoms with E-state index in [1.165, 1.54) is 32.7 Å². The number of nitrogens with zero attached hydrogens (tertiary/aromatic N) is 2. The number of methoxy groups -OCH3 is 2. The molecule has 0 unspecified atom stereocenters. The number of hydrogen-bond donors (Lipinski definition) is 1. The topological polar surface area (TPSA) is 76.5 Å². The van der Waals surface area contributed by atoms with E-state index in [2.05, 4.69) is 10.2 Å². The third kappa shape index (κ3) is 3.17. The Balaban J connectivity index is 2.20. The van der Waals surface area contributed by atoms with Crippen molar-refractivity contribution in [1.29, 1.82) is 0 Å². The Hall–Kier alpha value is -2.76. The lowest BCUT2D eigenvalue weighted by molar-refractivity contribution is 0.384. The monoisotopic (exact) mass is 274 g/mol. The van der Waals surface area contributed by atoms with E-state index in [1.807, 2.05) is 0 Å². The van der Waals surface area contributed by atoms with Gasteiger partial charge in [-0.2, -0.15) is 10.2 Å². The summed E-state index contributed by atoms with van der Waals surface area (Å²) in [6, 6.07) is 6.63. The molecule has 0 saturated carbocycles. The predicted octanol–water partition coefficient (Wildman–Crippen LogP) is 2.46. The van der Waals surface area contributed by atoms with Crippen LogP contribution in [-0.4, -0.2) is 31.8 Å². The molecule has 1 N–H and O–H groups in total. The average Bonchev–Trinajstić information content (AvgIpc) is 2.97. The number of aromatic hydroxyl groups is 1. The number of hydrogen-bond acceptors (Lipinski definition) is 6. The molecule has 0 saturated heterocycles. The van der Waals surface area contributed by atoms with Crippen LogP contribution in [0.5, 0.6) is 17.2 Å². The highest BCUT2D eigenvalue weighted by molar-refractivity contribution is 5.88. The van der Waals surface area contributed by atoms with Crippen molar-refractivity contribution in [1.82, 2.24) is 0 Å². The van der Waals surface area contributed by atoms with Crippen LogP contribution in [0, 0.1) is 0 Å². The van der Waals surface area contributed by atoms with E-state index in [0.717, 1.165) is 0 Å². The van der Waals surface area contributed by atoms with Gasteiger partial charge in [-0.05, 0) is 12.1 Å². The van der Waals surface area contributed by atoms with Crippen LogP contribution in [0.2, 0.25) is 0 Å². The number of phenolic OH excluding ortho intramolecular Hbond substituents is 1. The molecule has 0 radical (unpaired) electrons. The highest BCUT2D eigenvalue weighted by atomic mass is 16.5. The third-order valence-electron chi connectivity index (χ3n) is 2.53. The lowest BCUT2D eigenvalue weighted by Gasteiger charge is -2.08. The van der Waals surface area contributed by atoms with E-state index < -0.39 is 0 Å². The Morgan fingerprint density at radius 1 is 1.15 bits per heavy atom. The molecule has 0 atom stereocenters. The minimum atomic E-state index is -0.00171. The second-order valence-corrected chi connectivity index (χ2v) is 3.77. The van der Waals surface area contributed by atoms with Gasteiger partial charge in [-0.25, -0.2) is 0 Å². The summed E-state index contributed by atoms with van der Waals surface area (Å²) in [5.41, 5.74) is 0.421. The van der Waals surface area contributed by atoms with Gasteiger partial charge in [0.25, 0.3) is 0 Å². The lowest BCUT2D eigenvalue weighted by Crippen LogP contribution is -1.93. The zero-order chi connectivity index (χ0) is 14.4. The lowest BCUT2D eigenvalue weighted by atomic mass is 10.2. The fourth-order valence-corrected chi connectivity index (χ4v) is 1.55. The van der Waals surface area contributed by atoms with Gasteiger partial charge in [-0.3, -0.25) is 0 Å². The maximum atomic E-state index is 9.90. The molecule has 0 aliphatic carbocycles. The highest BCUT2D eigenvalue weighted by Crippen LogP contribution is 2.31. The average molecular weight is 274 g/mol. The Labute approximate surface area is 116 Å². The number of phenols is 1. The van der Waals surface area contributed by atoms with Crippen molar-refractivity contribution in [2.45, 2.75) is 0 Å². The first-order valence-electron chi connectivity index (χ1n) is 5.79. The number of benzene rings is 1. The normalized spacial score (nSPS) is 11.3. The zero-order valence-corrected chi connectivity index (χ0v) is 11.1. The van der Waals surface area contributed by atoms with Gasteiger partial charge in [0, 0.05) is 12.1 Å². The first-order chi connectivity index (χ1) is 9.74. The molecule has 1 aromatic carbocycles. The SMILES string of the molecule is COc1cc(O)c(/C=N/N=C\c2ccco2)c(OC)c1. The number of furan rings is 1. The van der Waals surface area contributed by atoms with Gasteiger partial charge in [0.05, 0.1) is 38.5 Å². The second-order valence-electron chi connectivity index (χ2n) is 3.77. The molecule has 2 aromatic rings. The summed E-state index contributed by atoms with van der Waals surface area (Å²) in [6.07, 6.45) is 4.40. The summed E-state index contributed by atoms with van der Waals surface area (Å²) < 4.78 is 15.3. The molecule has 20 heavy (non-hydrogen) atoms. The first kappa shape index (κ1) is 13.7. The van der Waals surface area contributed by atoms with Gasteiger partial charge >= 0.3 is 0 Å². The molecule has 0 spiro atoms. The molecule has 0 aliphatic rings. The molecule has 0 aliphatic heterocycles.